The van der Waals surface area contributed by atoms with E-state index in [0.717, 1.165) is 53.9 Å². The zero-order valence-corrected chi connectivity index (χ0v) is 16.4. The van der Waals surface area contributed by atoms with E-state index in [1.54, 1.807) is 0 Å². The number of carbonyl (C=O) groups is 1. The minimum atomic E-state index is -0.315. The Morgan fingerprint density at radius 3 is 2.81 bits per heavy atom. The highest BCUT2D eigenvalue weighted by Crippen LogP contribution is 2.41. The summed E-state index contributed by atoms with van der Waals surface area (Å²) in [6.07, 6.45) is 6.83. The lowest BCUT2D eigenvalue weighted by Gasteiger charge is -2.38. The highest BCUT2D eigenvalue weighted by Gasteiger charge is 2.40. The van der Waals surface area contributed by atoms with E-state index in [2.05, 4.69) is 15.3 Å². The Morgan fingerprint density at radius 1 is 1.31 bits per heavy atom. The number of thiophene rings is 1. The fourth-order valence-corrected chi connectivity index (χ4v) is 5.49. The molecule has 1 aliphatic carbocycles. The molecule has 1 spiro atoms. The third kappa shape index (κ3) is 3.07. The predicted molar refractivity (Wildman–Crippen MR) is 102 cm³/mol. The van der Waals surface area contributed by atoms with Crippen LogP contribution in [0, 0.1) is 13.8 Å². The highest BCUT2D eigenvalue weighted by atomic mass is 32.1. The number of anilines is 1. The lowest BCUT2D eigenvalue weighted by atomic mass is 9.89. The maximum Gasteiger partial charge on any atom is 0.348 e. The third-order valence-corrected chi connectivity index (χ3v) is 6.79. The average Bonchev–Trinajstić information content (AvgIpc) is 3.19. The molecule has 3 heterocycles. The van der Waals surface area contributed by atoms with Gasteiger partial charge < -0.3 is 14.8 Å². The zero-order chi connectivity index (χ0) is 18.3. The van der Waals surface area contributed by atoms with Crippen molar-refractivity contribution in [3.8, 4) is 0 Å². The summed E-state index contributed by atoms with van der Waals surface area (Å²) in [7, 11) is 1.41. The van der Waals surface area contributed by atoms with Crippen LogP contribution in [0.4, 0.5) is 5.82 Å². The van der Waals surface area contributed by atoms with Crippen LogP contribution in [0.1, 0.15) is 59.6 Å². The molecular weight excluding hydrogens is 350 g/mol. The number of fused-ring (bicyclic) bond motifs is 1. The van der Waals surface area contributed by atoms with Crippen LogP contribution in [0.2, 0.25) is 0 Å². The van der Waals surface area contributed by atoms with Crippen LogP contribution in [-0.4, -0.2) is 41.3 Å². The largest absolute Gasteiger partial charge is 0.465 e. The fraction of sp³-hybridized carbons (Fsp3) is 0.632. The normalized spacial score (nSPS) is 22.0. The van der Waals surface area contributed by atoms with Crippen LogP contribution >= 0.6 is 11.3 Å². The smallest absolute Gasteiger partial charge is 0.348 e. The quantitative estimate of drug-likeness (QED) is 0.818. The van der Waals surface area contributed by atoms with Crippen LogP contribution in [0.5, 0.6) is 0 Å². The summed E-state index contributed by atoms with van der Waals surface area (Å²) < 4.78 is 11.1. The number of nitrogens with one attached hydrogen (secondary N) is 1. The minimum absolute atomic E-state index is 0.0535. The number of aryl methyl sites for hydroxylation is 2. The van der Waals surface area contributed by atoms with Crippen molar-refractivity contribution in [1.82, 2.24) is 9.97 Å². The van der Waals surface area contributed by atoms with Gasteiger partial charge >= 0.3 is 5.97 Å². The van der Waals surface area contributed by atoms with Crippen molar-refractivity contribution >= 4 is 33.3 Å². The van der Waals surface area contributed by atoms with E-state index in [1.165, 1.54) is 31.3 Å². The van der Waals surface area contributed by atoms with Crippen molar-refractivity contribution in [1.29, 1.82) is 0 Å². The van der Waals surface area contributed by atoms with Crippen molar-refractivity contribution in [3.63, 3.8) is 0 Å². The van der Waals surface area contributed by atoms with Gasteiger partial charge in [0, 0.05) is 12.6 Å². The fourth-order valence-electron chi connectivity index (χ4n) is 4.35. The molecule has 1 aliphatic heterocycles. The highest BCUT2D eigenvalue weighted by molar-refractivity contribution is 7.20. The monoisotopic (exact) mass is 375 g/mol. The van der Waals surface area contributed by atoms with Gasteiger partial charge in [0.2, 0.25) is 0 Å². The standard InChI is InChI=1S/C19H25N3O3S/c1-11-14-16(20-12(2)21-17(14)26-15(11)18(23)24-3)22-13-6-9-25-19(10-13)7-4-5-8-19/h13H,4-10H2,1-3H3,(H,20,21,22). The first kappa shape index (κ1) is 17.7. The second-order valence-electron chi connectivity index (χ2n) is 7.42. The maximum absolute atomic E-state index is 12.1. The van der Waals surface area contributed by atoms with E-state index in [-0.39, 0.29) is 11.6 Å². The number of esters is 1. The minimum Gasteiger partial charge on any atom is -0.465 e. The number of methoxy groups -OCH3 is 1. The van der Waals surface area contributed by atoms with Crippen molar-refractivity contribution < 1.29 is 14.3 Å². The molecule has 0 aromatic carbocycles. The van der Waals surface area contributed by atoms with Gasteiger partial charge in [0.15, 0.2) is 0 Å². The molecule has 2 aromatic heterocycles. The molecule has 2 aromatic rings. The van der Waals surface area contributed by atoms with Crippen LogP contribution in [0.25, 0.3) is 10.2 Å². The Labute approximate surface area is 157 Å². The second kappa shape index (κ2) is 6.78. The van der Waals surface area contributed by atoms with Crippen LogP contribution in [0.15, 0.2) is 0 Å². The van der Waals surface area contributed by atoms with Gasteiger partial charge in [-0.2, -0.15) is 0 Å². The molecule has 1 unspecified atom stereocenters. The van der Waals surface area contributed by atoms with Crippen LogP contribution < -0.4 is 5.32 Å². The number of aromatic nitrogens is 2. The first-order chi connectivity index (χ1) is 12.5. The number of hydrogen-bond donors (Lipinski definition) is 1. The lowest BCUT2D eigenvalue weighted by molar-refractivity contribution is -0.0767. The van der Waals surface area contributed by atoms with E-state index in [0.29, 0.717) is 16.7 Å². The van der Waals surface area contributed by atoms with Gasteiger partial charge in [0.25, 0.3) is 0 Å². The first-order valence-corrected chi connectivity index (χ1v) is 10.1. The molecule has 1 saturated carbocycles. The van der Waals surface area contributed by atoms with Gasteiger partial charge in [-0.05, 0) is 45.1 Å². The Balaban J connectivity index is 1.67. The van der Waals surface area contributed by atoms with Crippen molar-refractivity contribution in [2.45, 2.75) is 64.0 Å². The molecule has 26 heavy (non-hydrogen) atoms. The number of ether oxygens (including phenoxy) is 2. The number of rotatable bonds is 3. The molecule has 1 atom stereocenters. The van der Waals surface area contributed by atoms with E-state index < -0.39 is 0 Å². The zero-order valence-electron chi connectivity index (χ0n) is 15.6. The molecule has 0 amide bonds. The molecule has 2 fully saturated rings. The lowest BCUT2D eigenvalue weighted by Crippen LogP contribution is -2.42. The summed E-state index contributed by atoms with van der Waals surface area (Å²) in [5.41, 5.74) is 0.944. The van der Waals surface area contributed by atoms with Gasteiger partial charge in [-0.15, -0.1) is 11.3 Å². The van der Waals surface area contributed by atoms with Gasteiger partial charge in [0.05, 0.1) is 18.1 Å². The summed E-state index contributed by atoms with van der Waals surface area (Å²) in [5, 5.41) is 4.59. The van der Waals surface area contributed by atoms with E-state index in [4.69, 9.17) is 9.47 Å². The summed E-state index contributed by atoms with van der Waals surface area (Å²) in [6, 6.07) is 0.334. The van der Waals surface area contributed by atoms with Crippen LogP contribution in [0.3, 0.4) is 0 Å². The van der Waals surface area contributed by atoms with Crippen molar-refractivity contribution in [2.75, 3.05) is 19.0 Å². The van der Waals surface area contributed by atoms with Gasteiger partial charge in [-0.1, -0.05) is 12.8 Å². The topological polar surface area (TPSA) is 73.3 Å². The van der Waals surface area contributed by atoms with E-state index in [1.807, 2.05) is 13.8 Å². The summed E-state index contributed by atoms with van der Waals surface area (Å²) >= 11 is 1.38. The molecule has 140 valence electrons. The molecule has 6 nitrogen and oxygen atoms in total. The molecular formula is C19H25N3O3S. The summed E-state index contributed by atoms with van der Waals surface area (Å²) in [4.78, 5) is 22.7. The summed E-state index contributed by atoms with van der Waals surface area (Å²) in [5.74, 6) is 1.22. The summed E-state index contributed by atoms with van der Waals surface area (Å²) in [6.45, 7) is 4.62. The molecule has 1 N–H and O–H groups in total. The predicted octanol–water partition coefficient (Wildman–Crippen LogP) is 4.00. The Morgan fingerprint density at radius 2 is 2.08 bits per heavy atom. The maximum atomic E-state index is 12.1. The van der Waals surface area contributed by atoms with Crippen molar-refractivity contribution in [3.05, 3.63) is 16.3 Å². The molecule has 2 aliphatic rings. The second-order valence-corrected chi connectivity index (χ2v) is 8.42. The third-order valence-electron chi connectivity index (χ3n) is 5.62. The van der Waals surface area contributed by atoms with Gasteiger partial charge in [0.1, 0.15) is 21.3 Å². The number of nitrogens with zero attached hydrogens (tertiary/aromatic N) is 2. The Bertz CT molecular complexity index is 842. The number of carbonyl (C=O) groups excluding carboxylic acids is 1. The molecule has 7 heteroatoms. The first-order valence-electron chi connectivity index (χ1n) is 9.28. The van der Waals surface area contributed by atoms with Crippen LogP contribution in [-0.2, 0) is 9.47 Å². The molecule has 0 bridgehead atoms. The molecule has 0 radical (unpaired) electrons. The average molecular weight is 375 g/mol. The molecule has 4 rings (SSSR count). The van der Waals surface area contributed by atoms with E-state index >= 15 is 0 Å². The van der Waals surface area contributed by atoms with Crippen molar-refractivity contribution in [2.24, 2.45) is 0 Å². The van der Waals surface area contributed by atoms with E-state index in [9.17, 15) is 4.79 Å². The van der Waals surface area contributed by atoms with Gasteiger partial charge in [-0.3, -0.25) is 0 Å². The Kier molecular flexibility index (Phi) is 4.61. The SMILES string of the molecule is COC(=O)c1sc2nc(C)nc(NC3CCOC4(CCCC4)C3)c2c1C. The Hall–Kier alpha value is -1.73. The molecule has 1 saturated heterocycles. The number of hydrogen-bond acceptors (Lipinski definition) is 7. The van der Waals surface area contributed by atoms with Gasteiger partial charge in [-0.25, -0.2) is 14.8 Å².